The minimum absolute atomic E-state index is 1.19. The maximum Gasteiger partial charge on any atom is 0.0147 e. The lowest BCUT2D eigenvalue weighted by Gasteiger charge is -1.94. The minimum Gasteiger partial charge on any atom is -0.365 e. The standard InChI is InChI=1S/C8H13NS/c1-10-7-3-5-8-4-2-6-9-8/h2,4,6,9H,3,5,7H2,1H3. The van der Waals surface area contributed by atoms with E-state index in [1.54, 1.807) is 0 Å². The van der Waals surface area contributed by atoms with E-state index in [4.69, 9.17) is 0 Å². The first-order valence-electron chi connectivity index (χ1n) is 3.54. The molecule has 0 radical (unpaired) electrons. The van der Waals surface area contributed by atoms with E-state index in [-0.39, 0.29) is 0 Å². The van der Waals surface area contributed by atoms with Crippen LogP contribution in [0.1, 0.15) is 12.1 Å². The SMILES string of the molecule is CSCCCc1ccc[nH]1. The van der Waals surface area contributed by atoms with E-state index in [1.165, 1.54) is 24.3 Å². The Morgan fingerprint density at radius 1 is 1.60 bits per heavy atom. The van der Waals surface area contributed by atoms with Gasteiger partial charge in [0.2, 0.25) is 0 Å². The smallest absolute Gasteiger partial charge is 0.0147 e. The molecule has 0 spiro atoms. The highest BCUT2D eigenvalue weighted by Gasteiger charge is 1.90. The van der Waals surface area contributed by atoms with Crippen LogP contribution in [0, 0.1) is 0 Å². The summed E-state index contributed by atoms with van der Waals surface area (Å²) in [4.78, 5) is 3.19. The third kappa shape index (κ3) is 2.48. The minimum atomic E-state index is 1.19. The summed E-state index contributed by atoms with van der Waals surface area (Å²) in [6.07, 6.45) is 6.60. The van der Waals surface area contributed by atoms with Crippen LogP contribution in [0.4, 0.5) is 0 Å². The predicted octanol–water partition coefficient (Wildman–Crippen LogP) is 2.31. The molecule has 0 bridgehead atoms. The molecule has 1 aromatic rings. The average Bonchev–Trinajstić information content (AvgIpc) is 2.41. The monoisotopic (exact) mass is 155 g/mol. The average molecular weight is 155 g/mol. The number of hydrogen-bond acceptors (Lipinski definition) is 1. The summed E-state index contributed by atoms with van der Waals surface area (Å²) in [6, 6.07) is 4.19. The molecule has 1 N–H and O–H groups in total. The second-order valence-corrected chi connectivity index (χ2v) is 3.28. The van der Waals surface area contributed by atoms with Gasteiger partial charge in [-0.15, -0.1) is 0 Å². The molecular weight excluding hydrogens is 142 g/mol. The first kappa shape index (κ1) is 7.73. The van der Waals surface area contributed by atoms with Gasteiger partial charge in [0.05, 0.1) is 0 Å². The molecule has 0 aliphatic heterocycles. The van der Waals surface area contributed by atoms with E-state index >= 15 is 0 Å². The van der Waals surface area contributed by atoms with Gasteiger partial charge in [-0.25, -0.2) is 0 Å². The van der Waals surface area contributed by atoms with E-state index in [0.29, 0.717) is 0 Å². The molecule has 0 unspecified atom stereocenters. The lowest BCUT2D eigenvalue weighted by atomic mass is 10.3. The third-order valence-electron chi connectivity index (χ3n) is 1.46. The van der Waals surface area contributed by atoms with Crippen molar-refractivity contribution in [2.75, 3.05) is 12.0 Å². The summed E-state index contributed by atoms with van der Waals surface area (Å²) in [7, 11) is 0. The van der Waals surface area contributed by atoms with E-state index < -0.39 is 0 Å². The number of aromatic nitrogens is 1. The molecule has 56 valence electrons. The maximum atomic E-state index is 3.19. The van der Waals surface area contributed by atoms with Crippen molar-refractivity contribution in [1.82, 2.24) is 4.98 Å². The number of aryl methyl sites for hydroxylation is 1. The van der Waals surface area contributed by atoms with Crippen LogP contribution in [0.2, 0.25) is 0 Å². The second kappa shape index (κ2) is 4.45. The zero-order valence-electron chi connectivity index (χ0n) is 6.26. The summed E-state index contributed by atoms with van der Waals surface area (Å²) >= 11 is 1.91. The van der Waals surface area contributed by atoms with Crippen LogP contribution in [0.5, 0.6) is 0 Å². The van der Waals surface area contributed by atoms with E-state index in [9.17, 15) is 0 Å². The van der Waals surface area contributed by atoms with Crippen LogP contribution >= 0.6 is 11.8 Å². The lowest BCUT2D eigenvalue weighted by molar-refractivity contribution is 0.903. The van der Waals surface area contributed by atoms with Crippen LogP contribution in [-0.4, -0.2) is 17.0 Å². The van der Waals surface area contributed by atoms with Crippen LogP contribution in [0.25, 0.3) is 0 Å². The van der Waals surface area contributed by atoms with Crippen LogP contribution in [0.15, 0.2) is 18.3 Å². The first-order chi connectivity index (χ1) is 4.93. The Hall–Kier alpha value is -0.370. The Kier molecular flexibility index (Phi) is 3.44. The molecule has 2 heteroatoms. The number of thioether (sulfide) groups is 1. The molecule has 0 aliphatic rings. The highest BCUT2D eigenvalue weighted by Crippen LogP contribution is 2.02. The molecule has 1 nitrogen and oxygen atoms in total. The molecule has 0 saturated heterocycles. The van der Waals surface area contributed by atoms with Gasteiger partial charge in [-0.3, -0.25) is 0 Å². The Bertz CT molecular complexity index is 158. The van der Waals surface area contributed by atoms with Crippen LogP contribution < -0.4 is 0 Å². The molecule has 0 aromatic carbocycles. The second-order valence-electron chi connectivity index (χ2n) is 2.29. The Morgan fingerprint density at radius 3 is 3.10 bits per heavy atom. The molecule has 0 aliphatic carbocycles. The number of nitrogens with one attached hydrogen (secondary N) is 1. The fourth-order valence-electron chi connectivity index (χ4n) is 0.930. The van der Waals surface area contributed by atoms with Crippen molar-refractivity contribution in [3.63, 3.8) is 0 Å². The van der Waals surface area contributed by atoms with Gasteiger partial charge in [0.25, 0.3) is 0 Å². The number of rotatable bonds is 4. The van der Waals surface area contributed by atoms with Crippen molar-refractivity contribution >= 4 is 11.8 Å². The van der Waals surface area contributed by atoms with Gasteiger partial charge >= 0.3 is 0 Å². The largest absolute Gasteiger partial charge is 0.365 e. The Labute approximate surface area is 66.2 Å². The molecule has 1 heterocycles. The highest BCUT2D eigenvalue weighted by atomic mass is 32.2. The zero-order valence-corrected chi connectivity index (χ0v) is 7.08. The Balaban J connectivity index is 2.15. The van der Waals surface area contributed by atoms with Crippen molar-refractivity contribution in [1.29, 1.82) is 0 Å². The van der Waals surface area contributed by atoms with Gasteiger partial charge in [-0.1, -0.05) is 0 Å². The van der Waals surface area contributed by atoms with Crippen molar-refractivity contribution in [3.05, 3.63) is 24.0 Å². The van der Waals surface area contributed by atoms with Crippen molar-refractivity contribution in [3.8, 4) is 0 Å². The van der Waals surface area contributed by atoms with Crippen molar-refractivity contribution in [2.24, 2.45) is 0 Å². The highest BCUT2D eigenvalue weighted by molar-refractivity contribution is 7.98. The number of H-pyrrole nitrogens is 1. The summed E-state index contributed by atoms with van der Waals surface area (Å²) in [6.45, 7) is 0. The molecule has 0 atom stereocenters. The molecule has 10 heavy (non-hydrogen) atoms. The summed E-state index contributed by atoms with van der Waals surface area (Å²) in [5.74, 6) is 1.26. The van der Waals surface area contributed by atoms with Gasteiger partial charge in [0, 0.05) is 11.9 Å². The van der Waals surface area contributed by atoms with Gasteiger partial charge in [0.1, 0.15) is 0 Å². The fourth-order valence-corrected chi connectivity index (χ4v) is 1.36. The number of aromatic amines is 1. The van der Waals surface area contributed by atoms with Gasteiger partial charge in [-0.05, 0) is 37.0 Å². The number of hydrogen-bond donors (Lipinski definition) is 1. The van der Waals surface area contributed by atoms with Crippen molar-refractivity contribution < 1.29 is 0 Å². The topological polar surface area (TPSA) is 15.8 Å². The molecular formula is C8H13NS. The zero-order chi connectivity index (χ0) is 7.23. The van der Waals surface area contributed by atoms with Crippen molar-refractivity contribution in [2.45, 2.75) is 12.8 Å². The summed E-state index contributed by atoms with van der Waals surface area (Å²) in [5, 5.41) is 0. The Morgan fingerprint density at radius 2 is 2.50 bits per heavy atom. The molecule has 1 rings (SSSR count). The quantitative estimate of drug-likeness (QED) is 0.660. The lowest BCUT2D eigenvalue weighted by Crippen LogP contribution is -1.86. The first-order valence-corrected chi connectivity index (χ1v) is 4.94. The van der Waals surface area contributed by atoms with E-state index in [2.05, 4.69) is 23.4 Å². The van der Waals surface area contributed by atoms with Gasteiger partial charge in [0.15, 0.2) is 0 Å². The molecule has 1 aromatic heterocycles. The molecule has 0 amide bonds. The predicted molar refractivity (Wildman–Crippen MR) is 47.5 cm³/mol. The van der Waals surface area contributed by atoms with Gasteiger partial charge < -0.3 is 4.98 Å². The van der Waals surface area contributed by atoms with Crippen LogP contribution in [-0.2, 0) is 6.42 Å². The summed E-state index contributed by atoms with van der Waals surface area (Å²) < 4.78 is 0. The normalized spacial score (nSPS) is 10.1. The summed E-state index contributed by atoms with van der Waals surface area (Å²) in [5.41, 5.74) is 1.36. The maximum absolute atomic E-state index is 3.19. The van der Waals surface area contributed by atoms with Crippen LogP contribution in [0.3, 0.4) is 0 Å². The van der Waals surface area contributed by atoms with Gasteiger partial charge in [-0.2, -0.15) is 11.8 Å². The fraction of sp³-hybridized carbons (Fsp3) is 0.500. The molecule has 0 saturated carbocycles. The third-order valence-corrected chi connectivity index (χ3v) is 2.15. The molecule has 0 fully saturated rings. The van der Waals surface area contributed by atoms with E-state index in [1.807, 2.05) is 18.0 Å². The van der Waals surface area contributed by atoms with E-state index in [0.717, 1.165) is 0 Å².